The lowest BCUT2D eigenvalue weighted by Gasteiger charge is -2.22. The molecule has 0 aliphatic carbocycles. The van der Waals surface area contributed by atoms with Crippen LogP contribution in [0, 0.1) is 6.92 Å². The number of alkyl carbamates (subject to hydrolysis) is 1. The lowest BCUT2D eigenvalue weighted by Crippen LogP contribution is -2.45. The summed E-state index contributed by atoms with van der Waals surface area (Å²) >= 11 is 0. The van der Waals surface area contributed by atoms with E-state index in [1.165, 1.54) is 7.11 Å². The minimum absolute atomic E-state index is 0.141. The maximum Gasteiger partial charge on any atom is 0.408 e. The number of methoxy groups -OCH3 is 1. The first-order chi connectivity index (χ1) is 13.1. The van der Waals surface area contributed by atoms with Crippen molar-refractivity contribution in [2.75, 3.05) is 7.11 Å². The first kappa shape index (κ1) is 21.3. The van der Waals surface area contributed by atoms with Crippen molar-refractivity contribution in [3.05, 3.63) is 53.6 Å². The van der Waals surface area contributed by atoms with Crippen LogP contribution in [-0.2, 0) is 20.7 Å². The Bertz CT molecular complexity index is 837. The van der Waals surface area contributed by atoms with Gasteiger partial charge >= 0.3 is 12.1 Å². The molecule has 0 radical (unpaired) electrons. The number of aryl methyl sites for hydroxylation is 1. The van der Waals surface area contributed by atoms with Gasteiger partial charge in [0.2, 0.25) is 0 Å². The zero-order valence-electron chi connectivity index (χ0n) is 16.9. The highest BCUT2D eigenvalue weighted by atomic mass is 16.6. The molecule has 1 atom stereocenters. The van der Waals surface area contributed by atoms with Crippen LogP contribution in [0.5, 0.6) is 5.75 Å². The fraction of sp³-hybridized carbons (Fsp3) is 0.364. The van der Waals surface area contributed by atoms with E-state index in [1.54, 1.807) is 39.0 Å². The molecule has 0 saturated heterocycles. The average molecular weight is 385 g/mol. The highest BCUT2D eigenvalue weighted by Gasteiger charge is 2.25. The monoisotopic (exact) mass is 385 g/mol. The van der Waals surface area contributed by atoms with E-state index < -0.39 is 23.7 Å². The topological polar surface area (TPSA) is 84.9 Å². The molecule has 2 aromatic rings. The van der Waals surface area contributed by atoms with Gasteiger partial charge in [-0.1, -0.05) is 35.9 Å². The summed E-state index contributed by atoms with van der Waals surface area (Å²) in [6, 6.07) is 11.9. The normalized spacial score (nSPS) is 12.2. The van der Waals surface area contributed by atoms with E-state index in [4.69, 9.17) is 9.47 Å². The summed E-state index contributed by atoms with van der Waals surface area (Å²) in [6.45, 7) is 7.22. The number of esters is 1. The van der Waals surface area contributed by atoms with Crippen LogP contribution in [0.3, 0.4) is 0 Å². The van der Waals surface area contributed by atoms with E-state index in [9.17, 15) is 14.7 Å². The Morgan fingerprint density at radius 2 is 1.75 bits per heavy atom. The molecule has 0 heterocycles. The molecule has 2 aromatic carbocycles. The maximum absolute atomic E-state index is 12.1. The van der Waals surface area contributed by atoms with Crippen molar-refractivity contribution in [3.63, 3.8) is 0 Å². The lowest BCUT2D eigenvalue weighted by atomic mass is 9.98. The average Bonchev–Trinajstić information content (AvgIpc) is 2.61. The van der Waals surface area contributed by atoms with Crippen molar-refractivity contribution in [3.8, 4) is 16.9 Å². The van der Waals surface area contributed by atoms with Crippen LogP contribution >= 0.6 is 0 Å². The molecule has 0 bridgehead atoms. The van der Waals surface area contributed by atoms with E-state index in [0.29, 0.717) is 5.56 Å². The van der Waals surface area contributed by atoms with Gasteiger partial charge < -0.3 is 19.9 Å². The van der Waals surface area contributed by atoms with Gasteiger partial charge in [-0.25, -0.2) is 9.59 Å². The maximum atomic E-state index is 12.1. The number of rotatable bonds is 5. The van der Waals surface area contributed by atoms with Gasteiger partial charge in [-0.3, -0.25) is 0 Å². The molecule has 0 aliphatic rings. The number of hydrogen-bond donors (Lipinski definition) is 2. The van der Waals surface area contributed by atoms with Crippen LogP contribution in [0.25, 0.3) is 11.1 Å². The summed E-state index contributed by atoms with van der Waals surface area (Å²) in [6.07, 6.45) is -0.495. The Balaban J connectivity index is 2.24. The summed E-state index contributed by atoms with van der Waals surface area (Å²) in [5.74, 6) is -0.432. The quantitative estimate of drug-likeness (QED) is 0.761. The first-order valence-electron chi connectivity index (χ1n) is 9.05. The van der Waals surface area contributed by atoms with E-state index in [2.05, 4.69) is 5.32 Å². The minimum Gasteiger partial charge on any atom is -0.507 e. The lowest BCUT2D eigenvalue weighted by molar-refractivity contribution is -0.143. The molecule has 1 unspecified atom stereocenters. The molecule has 0 fully saturated rings. The van der Waals surface area contributed by atoms with Crippen molar-refractivity contribution in [2.24, 2.45) is 0 Å². The van der Waals surface area contributed by atoms with Crippen molar-refractivity contribution in [2.45, 2.75) is 45.8 Å². The van der Waals surface area contributed by atoms with Crippen LogP contribution in [0.1, 0.15) is 31.9 Å². The molecule has 6 heteroatoms. The van der Waals surface area contributed by atoms with Gasteiger partial charge in [-0.15, -0.1) is 0 Å². The molecule has 2 N–H and O–H groups in total. The number of benzene rings is 2. The van der Waals surface area contributed by atoms with Gasteiger partial charge in [0, 0.05) is 12.0 Å². The van der Waals surface area contributed by atoms with Crippen LogP contribution in [-0.4, -0.2) is 35.9 Å². The highest BCUT2D eigenvalue weighted by Crippen LogP contribution is 2.30. The molecule has 1 amide bonds. The molecule has 0 spiro atoms. The zero-order valence-corrected chi connectivity index (χ0v) is 16.9. The molecule has 6 nitrogen and oxygen atoms in total. The van der Waals surface area contributed by atoms with E-state index >= 15 is 0 Å². The Kier molecular flexibility index (Phi) is 6.67. The van der Waals surface area contributed by atoms with Crippen LogP contribution in [0.15, 0.2) is 42.5 Å². The number of phenolic OH excluding ortho intramolecular Hbond substituents is 1. The van der Waals surface area contributed by atoms with Gasteiger partial charge in [0.15, 0.2) is 0 Å². The summed E-state index contributed by atoms with van der Waals surface area (Å²) in [5, 5.41) is 12.8. The smallest absolute Gasteiger partial charge is 0.408 e. The van der Waals surface area contributed by atoms with Gasteiger partial charge in [-0.05, 0) is 51.0 Å². The number of carbonyl (C=O) groups is 2. The Labute approximate surface area is 165 Å². The van der Waals surface area contributed by atoms with Crippen LogP contribution in [0.4, 0.5) is 4.79 Å². The Morgan fingerprint density at radius 1 is 1.11 bits per heavy atom. The number of hydrogen-bond acceptors (Lipinski definition) is 5. The van der Waals surface area contributed by atoms with E-state index in [1.807, 2.05) is 31.2 Å². The third-order valence-corrected chi connectivity index (χ3v) is 4.04. The summed E-state index contributed by atoms with van der Waals surface area (Å²) in [5.41, 5.74) is 2.71. The highest BCUT2D eigenvalue weighted by molar-refractivity contribution is 5.82. The zero-order chi connectivity index (χ0) is 20.9. The molecule has 0 saturated carbocycles. The Morgan fingerprint density at radius 3 is 2.32 bits per heavy atom. The Hall–Kier alpha value is -3.02. The fourth-order valence-corrected chi connectivity index (χ4v) is 2.70. The molecule has 150 valence electrons. The number of aromatic hydroxyl groups is 1. The van der Waals surface area contributed by atoms with Gasteiger partial charge in [0.1, 0.15) is 17.4 Å². The van der Waals surface area contributed by atoms with Crippen LogP contribution in [0.2, 0.25) is 0 Å². The minimum atomic E-state index is -0.907. The predicted molar refractivity (Wildman–Crippen MR) is 107 cm³/mol. The third-order valence-electron chi connectivity index (χ3n) is 4.04. The van der Waals surface area contributed by atoms with Gasteiger partial charge in [-0.2, -0.15) is 0 Å². The number of amides is 1. The SMILES string of the molecule is COC(=O)C(Cc1ccc(O)c(-c2ccc(C)cc2)c1)NC(=O)OC(C)(C)C. The number of nitrogens with one attached hydrogen (secondary N) is 1. The summed E-state index contributed by atoms with van der Waals surface area (Å²) < 4.78 is 10.0. The molecular weight excluding hydrogens is 358 g/mol. The fourth-order valence-electron chi connectivity index (χ4n) is 2.70. The predicted octanol–water partition coefficient (Wildman–Crippen LogP) is 3.98. The first-order valence-corrected chi connectivity index (χ1v) is 9.05. The molecule has 0 aromatic heterocycles. The van der Waals surface area contributed by atoms with E-state index in [-0.39, 0.29) is 12.2 Å². The molecular formula is C22H27NO5. The second-order valence-corrected chi connectivity index (χ2v) is 7.64. The molecule has 28 heavy (non-hydrogen) atoms. The number of phenols is 1. The van der Waals surface area contributed by atoms with Crippen molar-refractivity contribution < 1.29 is 24.2 Å². The van der Waals surface area contributed by atoms with E-state index in [0.717, 1.165) is 16.7 Å². The standard InChI is InChI=1S/C22H27NO5/c1-14-6-9-16(10-7-14)17-12-15(8-11-19(17)24)13-18(20(25)27-5)23-21(26)28-22(2,3)4/h6-12,18,24H,13H2,1-5H3,(H,23,26). The second kappa shape index (κ2) is 8.78. The molecule has 0 aliphatic heterocycles. The van der Waals surface area contributed by atoms with Crippen molar-refractivity contribution in [1.82, 2.24) is 5.32 Å². The van der Waals surface area contributed by atoms with Crippen molar-refractivity contribution in [1.29, 1.82) is 0 Å². The van der Waals surface area contributed by atoms with Crippen LogP contribution < -0.4 is 5.32 Å². The number of carbonyl (C=O) groups excluding carboxylic acids is 2. The summed E-state index contributed by atoms with van der Waals surface area (Å²) in [4.78, 5) is 24.2. The third kappa shape index (κ3) is 6.01. The largest absolute Gasteiger partial charge is 0.507 e. The summed E-state index contributed by atoms with van der Waals surface area (Å²) in [7, 11) is 1.26. The van der Waals surface area contributed by atoms with Crippen molar-refractivity contribution >= 4 is 12.1 Å². The molecule has 2 rings (SSSR count). The van der Waals surface area contributed by atoms with Gasteiger partial charge in [0.25, 0.3) is 0 Å². The number of ether oxygens (including phenoxy) is 2. The second-order valence-electron chi connectivity index (χ2n) is 7.64. The van der Waals surface area contributed by atoms with Gasteiger partial charge in [0.05, 0.1) is 7.11 Å².